The Balaban J connectivity index is 1.55. The van der Waals surface area contributed by atoms with E-state index in [-0.39, 0.29) is 0 Å². The Morgan fingerprint density at radius 2 is 2.13 bits per heavy atom. The Labute approximate surface area is 93.0 Å². The van der Waals surface area contributed by atoms with Gasteiger partial charge in [-0.2, -0.15) is 0 Å². The van der Waals surface area contributed by atoms with E-state index in [1.165, 1.54) is 38.6 Å². The highest BCUT2D eigenvalue weighted by molar-refractivity contribution is 4.74. The molecule has 0 amide bonds. The summed E-state index contributed by atoms with van der Waals surface area (Å²) in [4.78, 5) is 0. The lowest BCUT2D eigenvalue weighted by atomic mass is 10.1. The van der Waals surface area contributed by atoms with E-state index in [0.29, 0.717) is 6.04 Å². The van der Waals surface area contributed by atoms with Gasteiger partial charge in [0, 0.05) is 25.7 Å². The Hall–Kier alpha value is -0.120. The zero-order valence-corrected chi connectivity index (χ0v) is 9.63. The third-order valence-corrected chi connectivity index (χ3v) is 3.51. The Morgan fingerprint density at radius 1 is 1.13 bits per heavy atom. The largest absolute Gasteiger partial charge is 0.381 e. The molecule has 0 aliphatic carbocycles. The molecule has 2 unspecified atom stereocenters. The molecule has 2 N–H and O–H groups in total. The van der Waals surface area contributed by atoms with Gasteiger partial charge in [0.15, 0.2) is 0 Å². The summed E-state index contributed by atoms with van der Waals surface area (Å²) in [5, 5.41) is 7.20. The summed E-state index contributed by atoms with van der Waals surface area (Å²) in [6, 6.07) is 0.704. The van der Waals surface area contributed by atoms with Gasteiger partial charge in [-0.05, 0) is 31.7 Å². The van der Waals surface area contributed by atoms with E-state index in [1.807, 2.05) is 0 Å². The van der Waals surface area contributed by atoms with Gasteiger partial charge in [-0.15, -0.1) is 0 Å². The average Bonchev–Trinajstić information content (AvgIpc) is 2.62. The van der Waals surface area contributed by atoms with Crippen LogP contribution in [-0.2, 0) is 4.74 Å². The SMILES string of the molecule is C1CCNC(CNCC2CCOC2)CC1. The van der Waals surface area contributed by atoms with Crippen LogP contribution in [-0.4, -0.2) is 38.9 Å². The average molecular weight is 212 g/mol. The van der Waals surface area contributed by atoms with E-state index in [1.54, 1.807) is 0 Å². The fourth-order valence-electron chi connectivity index (χ4n) is 2.48. The molecule has 2 saturated heterocycles. The lowest BCUT2D eigenvalue weighted by Gasteiger charge is -2.17. The zero-order valence-electron chi connectivity index (χ0n) is 9.63. The van der Waals surface area contributed by atoms with E-state index < -0.39 is 0 Å². The van der Waals surface area contributed by atoms with Crippen molar-refractivity contribution in [2.45, 2.75) is 38.1 Å². The minimum Gasteiger partial charge on any atom is -0.381 e. The van der Waals surface area contributed by atoms with Crippen molar-refractivity contribution in [2.24, 2.45) is 5.92 Å². The predicted molar refractivity (Wildman–Crippen MR) is 62.1 cm³/mol. The Morgan fingerprint density at radius 3 is 3.00 bits per heavy atom. The molecule has 2 fully saturated rings. The molecular formula is C12H24N2O. The van der Waals surface area contributed by atoms with Crippen molar-refractivity contribution in [1.29, 1.82) is 0 Å². The first kappa shape index (κ1) is 11.4. The van der Waals surface area contributed by atoms with Crippen LogP contribution in [0.3, 0.4) is 0 Å². The first-order valence-electron chi connectivity index (χ1n) is 6.47. The number of ether oxygens (including phenoxy) is 1. The summed E-state index contributed by atoms with van der Waals surface area (Å²) in [6.07, 6.45) is 6.73. The molecule has 2 heterocycles. The second kappa shape index (κ2) is 6.46. The van der Waals surface area contributed by atoms with Gasteiger partial charge in [-0.25, -0.2) is 0 Å². The van der Waals surface area contributed by atoms with E-state index in [9.17, 15) is 0 Å². The molecule has 0 aromatic carbocycles. The molecule has 0 radical (unpaired) electrons. The zero-order chi connectivity index (χ0) is 10.3. The van der Waals surface area contributed by atoms with Crippen LogP contribution in [0.2, 0.25) is 0 Å². The van der Waals surface area contributed by atoms with E-state index in [0.717, 1.165) is 32.2 Å². The van der Waals surface area contributed by atoms with Crippen LogP contribution in [0.4, 0.5) is 0 Å². The molecular weight excluding hydrogens is 188 g/mol. The first-order valence-corrected chi connectivity index (χ1v) is 6.47. The van der Waals surface area contributed by atoms with Crippen molar-refractivity contribution in [3.63, 3.8) is 0 Å². The Bertz CT molecular complexity index is 161. The minimum atomic E-state index is 0.704. The van der Waals surface area contributed by atoms with Crippen molar-refractivity contribution in [1.82, 2.24) is 10.6 Å². The quantitative estimate of drug-likeness (QED) is 0.733. The lowest BCUT2D eigenvalue weighted by Crippen LogP contribution is -2.39. The molecule has 2 rings (SSSR count). The number of rotatable bonds is 4. The summed E-state index contributed by atoms with van der Waals surface area (Å²) in [5.74, 6) is 0.760. The number of hydrogen-bond donors (Lipinski definition) is 2. The van der Waals surface area contributed by atoms with Crippen LogP contribution in [0.5, 0.6) is 0 Å². The Kier molecular flexibility index (Phi) is 4.90. The van der Waals surface area contributed by atoms with Crippen molar-refractivity contribution in [3.8, 4) is 0 Å². The molecule has 0 aromatic heterocycles. The third-order valence-electron chi connectivity index (χ3n) is 3.51. The van der Waals surface area contributed by atoms with Gasteiger partial charge in [0.25, 0.3) is 0 Å². The molecule has 3 nitrogen and oxygen atoms in total. The summed E-state index contributed by atoms with van der Waals surface area (Å²) < 4.78 is 5.36. The minimum absolute atomic E-state index is 0.704. The van der Waals surface area contributed by atoms with Gasteiger partial charge in [0.05, 0.1) is 6.61 Å². The fourth-order valence-corrected chi connectivity index (χ4v) is 2.48. The molecule has 0 spiro atoms. The van der Waals surface area contributed by atoms with Crippen LogP contribution < -0.4 is 10.6 Å². The predicted octanol–water partition coefficient (Wildman–Crippen LogP) is 1.14. The lowest BCUT2D eigenvalue weighted by molar-refractivity contribution is 0.185. The van der Waals surface area contributed by atoms with Gasteiger partial charge in [-0.3, -0.25) is 0 Å². The molecule has 0 bridgehead atoms. The maximum Gasteiger partial charge on any atom is 0.0507 e. The smallest absolute Gasteiger partial charge is 0.0507 e. The number of nitrogens with one attached hydrogen (secondary N) is 2. The second-order valence-corrected chi connectivity index (χ2v) is 4.89. The van der Waals surface area contributed by atoms with Crippen molar-refractivity contribution >= 4 is 0 Å². The van der Waals surface area contributed by atoms with E-state index >= 15 is 0 Å². The van der Waals surface area contributed by atoms with Gasteiger partial charge in [0.1, 0.15) is 0 Å². The first-order chi connectivity index (χ1) is 7.45. The van der Waals surface area contributed by atoms with Crippen LogP contribution in [0.25, 0.3) is 0 Å². The third kappa shape index (κ3) is 4.09. The molecule has 0 saturated carbocycles. The van der Waals surface area contributed by atoms with E-state index in [4.69, 9.17) is 4.74 Å². The van der Waals surface area contributed by atoms with Gasteiger partial charge < -0.3 is 15.4 Å². The van der Waals surface area contributed by atoms with Gasteiger partial charge >= 0.3 is 0 Å². The summed E-state index contributed by atoms with van der Waals surface area (Å²) in [6.45, 7) is 5.41. The maximum atomic E-state index is 5.36. The highest BCUT2D eigenvalue weighted by Gasteiger charge is 2.16. The van der Waals surface area contributed by atoms with Crippen LogP contribution in [0, 0.1) is 5.92 Å². The summed E-state index contributed by atoms with van der Waals surface area (Å²) in [5.41, 5.74) is 0. The van der Waals surface area contributed by atoms with Crippen molar-refractivity contribution in [3.05, 3.63) is 0 Å². The van der Waals surface area contributed by atoms with E-state index in [2.05, 4.69) is 10.6 Å². The summed E-state index contributed by atoms with van der Waals surface area (Å²) in [7, 11) is 0. The molecule has 2 aliphatic heterocycles. The molecule has 2 aliphatic rings. The van der Waals surface area contributed by atoms with Gasteiger partial charge in [-0.1, -0.05) is 12.8 Å². The van der Waals surface area contributed by atoms with Crippen LogP contribution >= 0.6 is 0 Å². The molecule has 2 atom stereocenters. The van der Waals surface area contributed by atoms with Crippen LogP contribution in [0.1, 0.15) is 32.1 Å². The molecule has 15 heavy (non-hydrogen) atoms. The standard InChI is InChI=1S/C12H24N2O/c1-2-4-12(14-6-3-1)9-13-8-11-5-7-15-10-11/h11-14H,1-10H2. The van der Waals surface area contributed by atoms with Crippen molar-refractivity contribution in [2.75, 3.05) is 32.8 Å². The van der Waals surface area contributed by atoms with Crippen molar-refractivity contribution < 1.29 is 4.74 Å². The number of hydrogen-bond acceptors (Lipinski definition) is 3. The second-order valence-electron chi connectivity index (χ2n) is 4.89. The molecule has 0 aromatic rings. The highest BCUT2D eigenvalue weighted by atomic mass is 16.5. The molecule has 3 heteroatoms. The molecule has 88 valence electrons. The summed E-state index contributed by atoms with van der Waals surface area (Å²) >= 11 is 0. The normalized spacial score (nSPS) is 32.8. The fraction of sp³-hybridized carbons (Fsp3) is 1.00. The van der Waals surface area contributed by atoms with Gasteiger partial charge in [0.2, 0.25) is 0 Å². The topological polar surface area (TPSA) is 33.3 Å². The highest BCUT2D eigenvalue weighted by Crippen LogP contribution is 2.11. The maximum absolute atomic E-state index is 5.36. The van der Waals surface area contributed by atoms with Crippen LogP contribution in [0.15, 0.2) is 0 Å². The monoisotopic (exact) mass is 212 g/mol.